The molecule has 5 nitrogen and oxygen atoms in total. The summed E-state index contributed by atoms with van der Waals surface area (Å²) in [5.41, 5.74) is 0.909. The Balaban J connectivity index is 2.44. The lowest BCUT2D eigenvalue weighted by molar-refractivity contribution is -0.140. The van der Waals surface area contributed by atoms with Crippen molar-refractivity contribution in [1.82, 2.24) is 1.33 Å². The lowest BCUT2D eigenvalue weighted by Crippen LogP contribution is -2.43. The second-order valence-corrected chi connectivity index (χ2v) is 16.5. The number of phenols is 1. The molecular weight excluding hydrogens is 1270 g/mol. The fraction of sp³-hybridized carbons (Fsp3) is 0.133. The minimum absolute atomic E-state index is 0.246. The van der Waals surface area contributed by atoms with Crippen molar-refractivity contribution >= 4 is 187 Å². The monoisotopic (exact) mass is 1280 g/mol. The summed E-state index contributed by atoms with van der Waals surface area (Å²) in [6.07, 6.45) is 0. The van der Waals surface area contributed by atoms with Crippen LogP contribution in [0.25, 0.3) is 0 Å². The number of carbonyl (C=O) groups is 1. The summed E-state index contributed by atoms with van der Waals surface area (Å²) in [6, 6.07) is 7.48. The van der Waals surface area contributed by atoms with E-state index in [1.165, 1.54) is 0 Å². The first-order valence-corrected chi connectivity index (χ1v) is 15.5. The number of alkyl halides is 2. The second-order valence-electron chi connectivity index (χ2n) is 5.23. The number of phenolic OH excluding ortho intramolecular Hbond substituents is 1. The van der Waals surface area contributed by atoms with Crippen LogP contribution in [-0.2, 0) is 4.79 Å². The minimum Gasteiger partial charge on any atom is -0.506 e. The molecular formula is C15H7I8NO4. The van der Waals surface area contributed by atoms with Crippen LogP contribution in [0.3, 0.4) is 0 Å². The third-order valence-electron chi connectivity index (χ3n) is 3.41. The van der Waals surface area contributed by atoms with Crippen LogP contribution in [0.2, 0.25) is 0 Å². The van der Waals surface area contributed by atoms with Crippen LogP contribution in [-0.4, -0.2) is 21.1 Å². The Kier molecular flexibility index (Phi) is 11.4. The Morgan fingerprint density at radius 3 is 1.86 bits per heavy atom. The van der Waals surface area contributed by atoms with Gasteiger partial charge in [-0.25, -0.2) is 4.79 Å². The van der Waals surface area contributed by atoms with Crippen molar-refractivity contribution < 1.29 is 19.7 Å². The predicted molar refractivity (Wildman–Crippen MR) is 177 cm³/mol. The van der Waals surface area contributed by atoms with E-state index in [1.807, 2.05) is 80.5 Å². The molecule has 2 aromatic rings. The van der Waals surface area contributed by atoms with Gasteiger partial charge in [0.15, 0.2) is 5.75 Å². The van der Waals surface area contributed by atoms with Crippen molar-refractivity contribution in [1.29, 1.82) is 0 Å². The molecule has 1 unspecified atom stereocenters. The van der Waals surface area contributed by atoms with E-state index >= 15 is 0 Å². The molecule has 0 aromatic heterocycles. The molecule has 0 aliphatic heterocycles. The number of rotatable bonds is 6. The highest BCUT2D eigenvalue weighted by Gasteiger charge is 2.47. The molecule has 0 aliphatic rings. The molecule has 2 atom stereocenters. The first kappa shape index (κ1) is 27.6. The zero-order chi connectivity index (χ0) is 21.4. The van der Waals surface area contributed by atoms with Crippen molar-refractivity contribution in [2.24, 2.45) is 0 Å². The average Bonchev–Trinajstić information content (AvgIpc) is 2.60. The topological polar surface area (TPSA) is 70.0 Å². The van der Waals surface area contributed by atoms with Crippen LogP contribution in [0.5, 0.6) is 17.2 Å². The summed E-state index contributed by atoms with van der Waals surface area (Å²) >= 11 is 16.7. The Labute approximate surface area is 271 Å². The van der Waals surface area contributed by atoms with Gasteiger partial charge in [-0.15, -0.1) is 0 Å². The molecule has 2 aromatic carbocycles. The predicted octanol–water partition coefficient (Wildman–Crippen LogP) is 8.30. The largest absolute Gasteiger partial charge is 0.506 e. The minimum atomic E-state index is -1.10. The van der Waals surface area contributed by atoms with Crippen LogP contribution in [0.4, 0.5) is 0 Å². The van der Waals surface area contributed by atoms with Gasteiger partial charge in [0.25, 0.3) is 0 Å². The highest BCUT2D eigenvalue weighted by Crippen LogP contribution is 2.49. The van der Waals surface area contributed by atoms with Gasteiger partial charge in [-0.1, -0.05) is 22.6 Å². The average molecular weight is 1280 g/mol. The lowest BCUT2D eigenvalue weighted by Gasteiger charge is -2.32. The summed E-state index contributed by atoms with van der Waals surface area (Å²) in [4.78, 5) is 11.9. The molecule has 0 saturated heterocycles. The summed E-state index contributed by atoms with van der Waals surface area (Å²) < 4.78 is 9.58. The number of benzene rings is 2. The molecule has 152 valence electrons. The SMILES string of the molecule is O=C(O)[C@](I)(C(I)c1cc(I)c(Oc2cc(I)c(O)c(I)c2)c(I)c1)N(I)I. The lowest BCUT2D eigenvalue weighted by atomic mass is 10.1. The quantitative estimate of drug-likeness (QED) is 0.132. The van der Waals surface area contributed by atoms with Crippen LogP contribution in [0, 0.1) is 14.3 Å². The van der Waals surface area contributed by atoms with Gasteiger partial charge in [0, 0.05) is 45.7 Å². The molecule has 13 heteroatoms. The number of carboxylic acids is 1. The smallest absolute Gasteiger partial charge is 0.337 e. The summed E-state index contributed by atoms with van der Waals surface area (Å²) in [5.74, 6) is 0.701. The van der Waals surface area contributed by atoms with E-state index in [-0.39, 0.29) is 9.67 Å². The van der Waals surface area contributed by atoms with Crippen LogP contribution in [0.15, 0.2) is 24.3 Å². The highest BCUT2D eigenvalue weighted by atomic mass is 127. The van der Waals surface area contributed by atoms with Gasteiger partial charge in [0.05, 0.1) is 18.2 Å². The normalized spacial score (nSPS) is 14.6. The van der Waals surface area contributed by atoms with E-state index in [9.17, 15) is 15.0 Å². The molecule has 28 heavy (non-hydrogen) atoms. The van der Waals surface area contributed by atoms with E-state index in [4.69, 9.17) is 4.74 Å². The zero-order valence-electron chi connectivity index (χ0n) is 13.1. The summed E-state index contributed by atoms with van der Waals surface area (Å²) in [5, 5.41) is 19.7. The Bertz CT molecular complexity index is 879. The number of aliphatic carboxylic acids is 1. The molecule has 0 spiro atoms. The number of halogens is 8. The van der Waals surface area contributed by atoms with Crippen molar-refractivity contribution in [3.8, 4) is 17.2 Å². The van der Waals surface area contributed by atoms with Gasteiger partial charge < -0.3 is 14.9 Å². The first-order valence-electron chi connectivity index (χ1n) is 6.92. The van der Waals surface area contributed by atoms with Gasteiger partial charge in [0.2, 0.25) is 3.55 Å². The van der Waals surface area contributed by atoms with Crippen molar-refractivity contribution in [3.05, 3.63) is 44.1 Å². The highest BCUT2D eigenvalue weighted by molar-refractivity contribution is 14.2. The Hall–Kier alpha value is 3.31. The third-order valence-corrected chi connectivity index (χ3v) is 14.4. The number of aromatic hydroxyl groups is 1. The second kappa shape index (κ2) is 11.6. The number of carboxylic acid groups (broad SMARTS) is 1. The van der Waals surface area contributed by atoms with Gasteiger partial charge in [-0.3, -0.25) is 0 Å². The van der Waals surface area contributed by atoms with Crippen molar-refractivity contribution in [2.45, 2.75) is 7.47 Å². The summed E-state index contributed by atoms with van der Waals surface area (Å²) in [7, 11) is 0. The fourth-order valence-electron chi connectivity index (χ4n) is 2.03. The van der Waals surface area contributed by atoms with Crippen LogP contribution in [0.1, 0.15) is 9.49 Å². The van der Waals surface area contributed by atoms with Gasteiger partial charge in [-0.2, -0.15) is 1.33 Å². The molecule has 0 saturated carbocycles. The van der Waals surface area contributed by atoms with Gasteiger partial charge in [0.1, 0.15) is 11.5 Å². The Morgan fingerprint density at radius 2 is 1.46 bits per heavy atom. The molecule has 2 N–H and O–H groups in total. The molecule has 0 heterocycles. The standard InChI is InChI=1S/C15H7I8NO4/c16-7-3-6(4-8(17)11(7)25)28-12-9(18)1-5(2-10(12)19)13(20)15(21,14(26)27)24(22)23/h1-4,13,25H,(H,26,27)/t13?,15-/m0/s1. The molecule has 0 amide bonds. The summed E-state index contributed by atoms with van der Waals surface area (Å²) in [6.45, 7) is 0. The molecule has 0 bridgehead atoms. The van der Waals surface area contributed by atoms with E-state index in [0.717, 1.165) is 12.7 Å². The van der Waals surface area contributed by atoms with Crippen molar-refractivity contribution in [3.63, 3.8) is 0 Å². The van der Waals surface area contributed by atoms with E-state index < -0.39 is 9.51 Å². The number of hydrogen-bond donors (Lipinski definition) is 2. The number of hydrogen-bond acceptors (Lipinski definition) is 4. The van der Waals surface area contributed by atoms with E-state index in [0.29, 0.717) is 18.6 Å². The third kappa shape index (κ3) is 6.25. The Morgan fingerprint density at radius 1 is 1.00 bits per heavy atom. The van der Waals surface area contributed by atoms with Crippen LogP contribution >= 0.6 is 181 Å². The number of ether oxygens (including phenoxy) is 1. The molecule has 0 radical (unpaired) electrons. The van der Waals surface area contributed by atoms with E-state index in [1.54, 1.807) is 13.5 Å². The molecule has 0 fully saturated rings. The van der Waals surface area contributed by atoms with Gasteiger partial charge in [-0.05, 0) is 143 Å². The fourth-order valence-corrected chi connectivity index (χ4v) is 9.08. The maximum atomic E-state index is 11.9. The van der Waals surface area contributed by atoms with E-state index in [2.05, 4.69) is 113 Å². The zero-order valence-corrected chi connectivity index (χ0v) is 30.3. The van der Waals surface area contributed by atoms with Gasteiger partial charge >= 0.3 is 5.97 Å². The maximum absolute atomic E-state index is 11.9. The molecule has 0 aliphatic carbocycles. The first-order chi connectivity index (χ1) is 12.9. The number of nitrogens with zero attached hydrogens (tertiary/aromatic N) is 1. The van der Waals surface area contributed by atoms with Crippen molar-refractivity contribution in [2.75, 3.05) is 0 Å². The molecule has 2 rings (SSSR count). The van der Waals surface area contributed by atoms with Crippen LogP contribution < -0.4 is 4.74 Å². The maximum Gasteiger partial charge on any atom is 0.337 e.